The Morgan fingerprint density at radius 1 is 0.329 bits per heavy atom. The number of ether oxygens (including phenoxy) is 1. The maximum Gasteiger partial charge on any atom is 0.159 e. The zero-order valence-electron chi connectivity index (χ0n) is 39.5. The number of rotatable bonds is 8. The molecule has 2 aromatic heterocycles. The summed E-state index contributed by atoms with van der Waals surface area (Å²) in [5.41, 5.74) is 17.4. The maximum atomic E-state index is 7.37. The van der Waals surface area contributed by atoms with Gasteiger partial charge in [0, 0.05) is 66.3 Å². The van der Waals surface area contributed by atoms with E-state index in [9.17, 15) is 0 Å². The average Bonchev–Trinajstić information content (AvgIpc) is 4.18. The Hall–Kier alpha value is -9.58. The predicted molar refractivity (Wildman–Crippen MR) is 300 cm³/mol. The zero-order valence-corrected chi connectivity index (χ0v) is 39.5. The third-order valence-corrected chi connectivity index (χ3v) is 15.0. The number of furan rings is 2. The first-order valence-corrected chi connectivity index (χ1v) is 25.0. The Morgan fingerprint density at radius 2 is 0.795 bits per heavy atom. The first-order chi connectivity index (χ1) is 36.2. The highest BCUT2D eigenvalue weighted by Gasteiger charge is 2.42. The Bertz CT molecular complexity index is 4310. The molecule has 3 heterocycles. The molecule has 0 amide bonds. The smallest absolute Gasteiger partial charge is 0.159 e. The van der Waals surface area contributed by atoms with Gasteiger partial charge in [0.25, 0.3) is 0 Å². The van der Waals surface area contributed by atoms with Crippen LogP contribution in [0.15, 0.2) is 264 Å². The van der Waals surface area contributed by atoms with Crippen LogP contribution in [0, 0.1) is 0 Å². The van der Waals surface area contributed by atoms with Gasteiger partial charge in [0.1, 0.15) is 23.0 Å². The fourth-order valence-electron chi connectivity index (χ4n) is 11.6. The number of anilines is 5. The Kier molecular flexibility index (Phi) is 9.32. The minimum absolute atomic E-state index is 0.159. The molecule has 5 heteroatoms. The van der Waals surface area contributed by atoms with E-state index in [0.29, 0.717) is 0 Å². The lowest BCUT2D eigenvalue weighted by Crippen LogP contribution is -2.23. The van der Waals surface area contributed by atoms with Gasteiger partial charge >= 0.3 is 0 Å². The largest absolute Gasteiger partial charge is 0.484 e. The molecule has 11 aromatic carbocycles. The summed E-state index contributed by atoms with van der Waals surface area (Å²) in [6, 6.07) is 88.5. The average molecular weight is 937 g/mol. The first-order valence-electron chi connectivity index (χ1n) is 25.0. The highest BCUT2D eigenvalue weighted by atomic mass is 16.5. The molecule has 0 saturated carbocycles. The summed E-state index contributed by atoms with van der Waals surface area (Å²) in [6.07, 6.45) is 2.18. The van der Waals surface area contributed by atoms with E-state index in [0.717, 1.165) is 122 Å². The van der Waals surface area contributed by atoms with Crippen LogP contribution < -0.4 is 14.5 Å². The van der Waals surface area contributed by atoms with Crippen molar-refractivity contribution in [2.24, 2.45) is 0 Å². The molecule has 2 unspecified atom stereocenters. The van der Waals surface area contributed by atoms with Crippen LogP contribution in [0.5, 0.6) is 5.75 Å². The van der Waals surface area contributed by atoms with Crippen LogP contribution in [-0.2, 0) is 0 Å². The van der Waals surface area contributed by atoms with Crippen molar-refractivity contribution in [3.63, 3.8) is 0 Å². The second kappa shape index (κ2) is 16.5. The number of benzene rings is 11. The Balaban J connectivity index is 0.962. The summed E-state index contributed by atoms with van der Waals surface area (Å²) >= 11 is 0. The van der Waals surface area contributed by atoms with Gasteiger partial charge in [0.2, 0.25) is 0 Å². The van der Waals surface area contributed by atoms with Crippen molar-refractivity contribution in [3.8, 4) is 28.0 Å². The molecule has 2 atom stereocenters. The highest BCUT2D eigenvalue weighted by Crippen LogP contribution is 2.58. The number of nitrogens with zero attached hydrogens (tertiary/aromatic N) is 2. The third kappa shape index (κ3) is 6.56. The van der Waals surface area contributed by atoms with E-state index in [1.807, 2.05) is 12.1 Å². The number of para-hydroxylation sites is 4. The Labute approximate surface area is 421 Å². The van der Waals surface area contributed by atoms with Crippen LogP contribution in [0.3, 0.4) is 0 Å². The van der Waals surface area contributed by atoms with Crippen LogP contribution in [0.4, 0.5) is 28.4 Å². The fourth-order valence-corrected chi connectivity index (χ4v) is 11.6. The van der Waals surface area contributed by atoms with Crippen LogP contribution >= 0.6 is 0 Å². The molecule has 15 rings (SSSR count). The summed E-state index contributed by atoms with van der Waals surface area (Å²) in [7, 11) is 0. The van der Waals surface area contributed by atoms with Crippen LogP contribution in [0.25, 0.3) is 82.6 Å². The molecule has 1 aliphatic heterocycles. The molecule has 0 radical (unpaired) electrons. The van der Waals surface area contributed by atoms with E-state index in [1.54, 1.807) is 0 Å². The molecule has 0 saturated heterocycles. The van der Waals surface area contributed by atoms with Crippen molar-refractivity contribution in [1.82, 2.24) is 0 Å². The summed E-state index contributed by atoms with van der Waals surface area (Å²) in [5, 5.41) is 6.45. The summed E-state index contributed by atoms with van der Waals surface area (Å²) < 4.78 is 21.1. The molecule has 13 aromatic rings. The lowest BCUT2D eigenvalue weighted by Gasteiger charge is -2.34. The molecule has 2 aliphatic rings. The van der Waals surface area contributed by atoms with Crippen LogP contribution in [0.2, 0.25) is 0 Å². The van der Waals surface area contributed by atoms with Crippen molar-refractivity contribution in [2.75, 3.05) is 9.80 Å². The second-order valence-electron chi connectivity index (χ2n) is 19.1. The van der Waals surface area contributed by atoms with Crippen molar-refractivity contribution in [2.45, 2.75) is 12.0 Å². The van der Waals surface area contributed by atoms with E-state index in [1.165, 1.54) is 11.1 Å². The number of hydrogen-bond donors (Lipinski definition) is 0. The van der Waals surface area contributed by atoms with Gasteiger partial charge in [-0.3, -0.25) is 0 Å². The minimum atomic E-state index is -0.268. The molecular weight excluding hydrogens is 893 g/mol. The summed E-state index contributed by atoms with van der Waals surface area (Å²) in [4.78, 5) is 4.79. The van der Waals surface area contributed by atoms with Crippen molar-refractivity contribution >= 4 is 88.8 Å². The van der Waals surface area contributed by atoms with Crippen LogP contribution in [0.1, 0.15) is 28.7 Å². The van der Waals surface area contributed by atoms with Gasteiger partial charge < -0.3 is 23.4 Å². The molecule has 0 bridgehead atoms. The van der Waals surface area contributed by atoms with Gasteiger partial charge in [0.05, 0.1) is 22.8 Å². The molecule has 1 aliphatic carbocycles. The maximum absolute atomic E-state index is 7.37. The number of fused-ring (bicyclic) bond motifs is 13. The molecular formula is C68H44N2O3. The Morgan fingerprint density at radius 3 is 1.40 bits per heavy atom. The van der Waals surface area contributed by atoms with Gasteiger partial charge in [-0.15, -0.1) is 0 Å². The minimum Gasteiger partial charge on any atom is -0.484 e. The molecule has 0 fully saturated rings. The van der Waals surface area contributed by atoms with Gasteiger partial charge in [-0.2, -0.15) is 0 Å². The lowest BCUT2D eigenvalue weighted by molar-refractivity contribution is 0.225. The van der Waals surface area contributed by atoms with Crippen LogP contribution in [-0.4, -0.2) is 0 Å². The van der Waals surface area contributed by atoms with E-state index in [2.05, 4.69) is 252 Å². The summed E-state index contributed by atoms with van der Waals surface area (Å²) in [6.45, 7) is 0. The molecule has 0 N–H and O–H groups in total. The normalized spacial score (nSPS) is 14.8. The predicted octanol–water partition coefficient (Wildman–Crippen LogP) is 18.9. The molecule has 5 nitrogen and oxygen atoms in total. The third-order valence-electron chi connectivity index (χ3n) is 15.0. The standard InChI is InChI=1S/C68H44N2O3/c1-3-17-43(18-4-1)45-33-37-47(38-34-45)69(59-29-15-27-55-51-23-11-13-31-63(51)71-67(55)59)61-41-57-58-42-62(50-22-8-10-26-54(50)66(58)73-65(57)53-25-9-7-21-49(53)61)70(48-39-35-46(36-40-48)44-19-5-2-6-20-44)60-30-16-28-56-52-24-12-14-32-64(52)72-68(56)60/h1-42,57,65H. The van der Waals surface area contributed by atoms with Crippen molar-refractivity contribution < 1.29 is 13.6 Å². The van der Waals surface area contributed by atoms with E-state index < -0.39 is 0 Å². The monoisotopic (exact) mass is 936 g/mol. The highest BCUT2D eigenvalue weighted by molar-refractivity contribution is 6.14. The zero-order chi connectivity index (χ0) is 48.0. The second-order valence-corrected chi connectivity index (χ2v) is 19.1. The summed E-state index contributed by atoms with van der Waals surface area (Å²) in [5.74, 6) is 0.745. The fraction of sp³-hybridized carbons (Fsp3) is 0.0294. The lowest BCUT2D eigenvalue weighted by atomic mass is 9.81. The van der Waals surface area contributed by atoms with Gasteiger partial charge in [-0.1, -0.05) is 194 Å². The van der Waals surface area contributed by atoms with E-state index >= 15 is 0 Å². The molecule has 344 valence electrons. The SMILES string of the molecule is C1=C(N(c2ccc(-c3ccccc3)cc2)c2cccc3c2oc2ccccc23)c2ccccc2C2Oc3c(cc(N(c4ccc(-c5ccccc5)cc4)c4cccc5c4oc4ccccc45)c4ccccc34)C12. The van der Waals surface area contributed by atoms with Gasteiger partial charge in [-0.25, -0.2) is 0 Å². The molecule has 0 spiro atoms. The number of hydrogen-bond acceptors (Lipinski definition) is 5. The molecule has 73 heavy (non-hydrogen) atoms. The van der Waals surface area contributed by atoms with E-state index in [4.69, 9.17) is 13.6 Å². The quantitative estimate of drug-likeness (QED) is 0.152. The van der Waals surface area contributed by atoms with Gasteiger partial charge in [-0.05, 0) is 82.9 Å². The first kappa shape index (κ1) is 41.2. The van der Waals surface area contributed by atoms with E-state index in [-0.39, 0.29) is 12.0 Å². The van der Waals surface area contributed by atoms with Crippen molar-refractivity contribution in [3.05, 3.63) is 271 Å². The van der Waals surface area contributed by atoms with Gasteiger partial charge in [0.15, 0.2) is 11.2 Å². The topological polar surface area (TPSA) is 42.0 Å². The van der Waals surface area contributed by atoms with Crippen molar-refractivity contribution in [1.29, 1.82) is 0 Å².